The van der Waals surface area contributed by atoms with Crippen LogP contribution in [0, 0.1) is 0 Å². The van der Waals surface area contributed by atoms with E-state index in [9.17, 15) is 9.59 Å². The molecule has 0 radical (unpaired) electrons. The maximum absolute atomic E-state index is 11.5. The molecule has 0 atom stereocenters. The summed E-state index contributed by atoms with van der Waals surface area (Å²) in [4.78, 5) is 24.2. The van der Waals surface area contributed by atoms with E-state index >= 15 is 0 Å². The Bertz CT molecular complexity index is 460. The van der Waals surface area contributed by atoms with Crippen LogP contribution in [0.5, 0.6) is 0 Å². The van der Waals surface area contributed by atoms with Crippen LogP contribution >= 0.6 is 15.9 Å². The van der Waals surface area contributed by atoms with Crippen LogP contribution in [0.25, 0.3) is 0 Å². The number of imide groups is 1. The molecule has 6 heteroatoms. The Morgan fingerprint density at radius 2 is 1.94 bits per heavy atom. The third-order valence-electron chi connectivity index (χ3n) is 2.45. The minimum atomic E-state index is -0.317. The molecule has 2 rings (SSSR count). The van der Waals surface area contributed by atoms with Gasteiger partial charge in [-0.2, -0.15) is 0 Å². The topological polar surface area (TPSA) is 72.6 Å². The van der Waals surface area contributed by atoms with E-state index in [1.807, 2.05) is 6.07 Å². The number of anilines is 1. The Hall–Kier alpha value is -1.40. The number of hydrogen-bond donors (Lipinski definition) is 1. The number of nitrogens with two attached hydrogens (primary N) is 1. The molecule has 1 fully saturated rings. The SMILES string of the molecule is Nc1cc(CN2C(=O)COCC2=O)ccc1Br. The van der Waals surface area contributed by atoms with Gasteiger partial charge in [0.2, 0.25) is 0 Å². The lowest BCUT2D eigenvalue weighted by molar-refractivity contribution is -0.159. The van der Waals surface area contributed by atoms with Gasteiger partial charge in [0, 0.05) is 10.2 Å². The fraction of sp³-hybridized carbons (Fsp3) is 0.273. The maximum atomic E-state index is 11.5. The van der Waals surface area contributed by atoms with Crippen molar-refractivity contribution in [3.63, 3.8) is 0 Å². The zero-order chi connectivity index (χ0) is 12.4. The van der Waals surface area contributed by atoms with Crippen molar-refractivity contribution in [3.05, 3.63) is 28.2 Å². The summed E-state index contributed by atoms with van der Waals surface area (Å²) in [5.74, 6) is -0.634. The Balaban J connectivity index is 2.16. The third-order valence-corrected chi connectivity index (χ3v) is 3.18. The molecule has 1 heterocycles. The van der Waals surface area contributed by atoms with Crippen molar-refractivity contribution in [2.45, 2.75) is 6.54 Å². The standard InChI is InChI=1S/C11H11BrN2O3/c12-8-2-1-7(3-9(8)13)4-14-10(15)5-17-6-11(14)16/h1-3H,4-6,13H2. The number of carbonyl (C=O) groups excluding carboxylic acids is 2. The summed E-state index contributed by atoms with van der Waals surface area (Å²) in [6, 6.07) is 5.34. The van der Waals surface area contributed by atoms with Gasteiger partial charge >= 0.3 is 0 Å². The largest absolute Gasteiger partial charge is 0.398 e. The van der Waals surface area contributed by atoms with Gasteiger partial charge in [-0.3, -0.25) is 14.5 Å². The highest BCUT2D eigenvalue weighted by Crippen LogP contribution is 2.21. The van der Waals surface area contributed by atoms with E-state index in [1.54, 1.807) is 12.1 Å². The number of morpholine rings is 1. The van der Waals surface area contributed by atoms with Crippen molar-refractivity contribution in [1.82, 2.24) is 4.90 Å². The molecule has 0 aliphatic carbocycles. The number of halogens is 1. The molecule has 2 N–H and O–H groups in total. The summed E-state index contributed by atoms with van der Waals surface area (Å²) < 4.78 is 5.62. The van der Waals surface area contributed by atoms with Crippen LogP contribution in [0.3, 0.4) is 0 Å². The highest BCUT2D eigenvalue weighted by Gasteiger charge is 2.26. The molecule has 1 aliphatic rings. The first-order valence-corrected chi connectivity index (χ1v) is 5.82. The number of nitrogen functional groups attached to an aromatic ring is 1. The predicted octanol–water partition coefficient (Wildman–Crippen LogP) is 0.917. The van der Waals surface area contributed by atoms with E-state index in [-0.39, 0.29) is 31.6 Å². The van der Waals surface area contributed by atoms with Crippen LogP contribution in [0.2, 0.25) is 0 Å². The van der Waals surface area contributed by atoms with E-state index in [4.69, 9.17) is 10.5 Å². The lowest BCUT2D eigenvalue weighted by atomic mass is 10.2. The average molecular weight is 299 g/mol. The van der Waals surface area contributed by atoms with E-state index in [0.717, 1.165) is 10.0 Å². The molecule has 0 aromatic heterocycles. The Morgan fingerprint density at radius 1 is 1.29 bits per heavy atom. The van der Waals surface area contributed by atoms with E-state index < -0.39 is 0 Å². The monoisotopic (exact) mass is 298 g/mol. The molecular weight excluding hydrogens is 288 g/mol. The molecule has 2 amide bonds. The van der Waals surface area contributed by atoms with Gasteiger partial charge < -0.3 is 10.5 Å². The van der Waals surface area contributed by atoms with Crippen molar-refractivity contribution in [1.29, 1.82) is 0 Å². The number of rotatable bonds is 2. The zero-order valence-electron chi connectivity index (χ0n) is 8.98. The summed E-state index contributed by atoms with van der Waals surface area (Å²) in [6.45, 7) is 0.147. The summed E-state index contributed by atoms with van der Waals surface area (Å²) in [5.41, 5.74) is 7.13. The van der Waals surface area contributed by atoms with Crippen LogP contribution in [0.15, 0.2) is 22.7 Å². The molecule has 1 saturated heterocycles. The zero-order valence-corrected chi connectivity index (χ0v) is 10.6. The molecule has 0 spiro atoms. The van der Waals surface area contributed by atoms with Gasteiger partial charge in [0.05, 0.1) is 6.54 Å². The molecule has 1 aliphatic heterocycles. The van der Waals surface area contributed by atoms with Gasteiger partial charge in [-0.1, -0.05) is 6.07 Å². The van der Waals surface area contributed by atoms with Crippen molar-refractivity contribution < 1.29 is 14.3 Å². The van der Waals surface area contributed by atoms with Gasteiger partial charge in [-0.05, 0) is 33.6 Å². The number of benzene rings is 1. The Labute approximate surface area is 107 Å². The molecule has 5 nitrogen and oxygen atoms in total. The summed E-state index contributed by atoms with van der Waals surface area (Å²) >= 11 is 3.29. The molecule has 0 unspecified atom stereocenters. The van der Waals surface area contributed by atoms with Crippen molar-refractivity contribution in [2.24, 2.45) is 0 Å². The fourth-order valence-corrected chi connectivity index (χ4v) is 1.82. The van der Waals surface area contributed by atoms with Crippen molar-refractivity contribution in [2.75, 3.05) is 18.9 Å². The van der Waals surface area contributed by atoms with E-state index in [1.165, 1.54) is 4.90 Å². The molecule has 90 valence electrons. The molecule has 0 saturated carbocycles. The van der Waals surface area contributed by atoms with Crippen LogP contribution in [0.4, 0.5) is 5.69 Å². The quantitative estimate of drug-likeness (QED) is 0.651. The predicted molar refractivity (Wildman–Crippen MR) is 64.9 cm³/mol. The normalized spacial score (nSPS) is 16.4. The molecule has 0 bridgehead atoms. The van der Waals surface area contributed by atoms with E-state index in [2.05, 4.69) is 15.9 Å². The average Bonchev–Trinajstić information content (AvgIpc) is 2.28. The second-order valence-electron chi connectivity index (χ2n) is 3.72. The van der Waals surface area contributed by atoms with E-state index in [0.29, 0.717) is 5.69 Å². The number of carbonyl (C=O) groups is 2. The number of amides is 2. The first kappa shape index (κ1) is 12.1. The van der Waals surface area contributed by atoms with Crippen LogP contribution in [-0.2, 0) is 20.9 Å². The minimum absolute atomic E-state index is 0.0439. The van der Waals surface area contributed by atoms with Gasteiger partial charge in [0.1, 0.15) is 13.2 Å². The number of ether oxygens (including phenoxy) is 1. The second kappa shape index (κ2) is 4.85. The van der Waals surface area contributed by atoms with Crippen molar-refractivity contribution >= 4 is 33.4 Å². The van der Waals surface area contributed by atoms with Crippen molar-refractivity contribution in [3.8, 4) is 0 Å². The van der Waals surface area contributed by atoms with Gasteiger partial charge in [0.15, 0.2) is 0 Å². The molecule has 1 aromatic rings. The van der Waals surface area contributed by atoms with Gasteiger partial charge in [-0.15, -0.1) is 0 Å². The van der Waals surface area contributed by atoms with Gasteiger partial charge in [0.25, 0.3) is 11.8 Å². The minimum Gasteiger partial charge on any atom is -0.398 e. The lowest BCUT2D eigenvalue weighted by Gasteiger charge is -2.25. The summed E-state index contributed by atoms with van der Waals surface area (Å²) in [7, 11) is 0. The van der Waals surface area contributed by atoms with Gasteiger partial charge in [-0.25, -0.2) is 0 Å². The molecule has 1 aromatic carbocycles. The first-order valence-electron chi connectivity index (χ1n) is 5.03. The lowest BCUT2D eigenvalue weighted by Crippen LogP contribution is -2.45. The number of hydrogen-bond acceptors (Lipinski definition) is 4. The third kappa shape index (κ3) is 2.65. The summed E-state index contributed by atoms with van der Waals surface area (Å²) in [6.07, 6.45) is 0. The highest BCUT2D eigenvalue weighted by molar-refractivity contribution is 9.10. The summed E-state index contributed by atoms with van der Waals surface area (Å²) in [5, 5.41) is 0. The molecule has 17 heavy (non-hydrogen) atoms. The van der Waals surface area contributed by atoms with Crippen LogP contribution in [-0.4, -0.2) is 29.9 Å². The highest BCUT2D eigenvalue weighted by atomic mass is 79.9. The molecular formula is C11H11BrN2O3. The Morgan fingerprint density at radius 3 is 2.53 bits per heavy atom. The van der Waals surface area contributed by atoms with Crippen LogP contribution < -0.4 is 5.73 Å². The maximum Gasteiger partial charge on any atom is 0.255 e. The second-order valence-corrected chi connectivity index (χ2v) is 4.58. The number of nitrogens with zero attached hydrogens (tertiary/aromatic N) is 1. The van der Waals surface area contributed by atoms with Crippen LogP contribution in [0.1, 0.15) is 5.56 Å². The first-order chi connectivity index (χ1) is 8.08. The Kier molecular flexibility index (Phi) is 3.44. The fourth-order valence-electron chi connectivity index (χ4n) is 1.57. The smallest absolute Gasteiger partial charge is 0.255 e.